The van der Waals surface area contributed by atoms with E-state index >= 15 is 0 Å². The van der Waals surface area contributed by atoms with Gasteiger partial charge in [-0.3, -0.25) is 4.79 Å². The maximum Gasteiger partial charge on any atom is 0.253 e. The number of ether oxygens (including phenoxy) is 1. The molecule has 1 aromatic carbocycles. The highest BCUT2D eigenvalue weighted by molar-refractivity contribution is 7.89. The number of benzene rings is 1. The minimum absolute atomic E-state index is 0.0808. The fraction of sp³-hybridized carbons (Fsp3) is 0.632. The number of carbonyl (C=O) groups excluding carboxylic acids is 1. The van der Waals surface area contributed by atoms with E-state index in [1.165, 1.54) is 10.7 Å². The Morgan fingerprint density at radius 3 is 2.63 bits per heavy atom. The van der Waals surface area contributed by atoms with Crippen molar-refractivity contribution in [2.75, 3.05) is 39.4 Å². The molecule has 0 saturated carbocycles. The first-order valence-corrected chi connectivity index (χ1v) is 11.1. The van der Waals surface area contributed by atoms with Crippen LogP contribution >= 0.6 is 0 Å². The zero-order chi connectivity index (χ0) is 19.0. The lowest BCUT2D eigenvalue weighted by atomic mass is 10.1. The van der Waals surface area contributed by atoms with E-state index in [0.29, 0.717) is 62.6 Å². The zero-order valence-electron chi connectivity index (χ0n) is 15.7. The van der Waals surface area contributed by atoms with E-state index < -0.39 is 10.0 Å². The summed E-state index contributed by atoms with van der Waals surface area (Å²) in [7, 11) is -3.62. The van der Waals surface area contributed by atoms with Gasteiger partial charge in [0, 0.05) is 43.8 Å². The maximum absolute atomic E-state index is 13.1. The summed E-state index contributed by atoms with van der Waals surface area (Å²) >= 11 is 0. The Kier molecular flexibility index (Phi) is 5.24. The molecule has 3 heterocycles. The van der Waals surface area contributed by atoms with Crippen LogP contribution in [-0.4, -0.2) is 75.0 Å². The Morgan fingerprint density at radius 1 is 1.11 bits per heavy atom. The third-order valence-electron chi connectivity index (χ3n) is 5.83. The number of likely N-dealkylation sites (tertiary alicyclic amines) is 1. The van der Waals surface area contributed by atoms with Crippen LogP contribution in [-0.2, 0) is 14.8 Å². The van der Waals surface area contributed by atoms with Crippen LogP contribution in [0.15, 0.2) is 23.1 Å². The van der Waals surface area contributed by atoms with Gasteiger partial charge in [0.25, 0.3) is 5.91 Å². The molecule has 3 saturated heterocycles. The summed E-state index contributed by atoms with van der Waals surface area (Å²) in [5, 5.41) is 3.57. The normalized spacial score (nSPS) is 26.8. The van der Waals surface area contributed by atoms with E-state index in [4.69, 9.17) is 4.74 Å². The second kappa shape index (κ2) is 7.50. The first-order valence-electron chi connectivity index (χ1n) is 9.69. The van der Waals surface area contributed by atoms with Crippen molar-refractivity contribution in [2.45, 2.75) is 43.2 Å². The van der Waals surface area contributed by atoms with Crippen LogP contribution in [0, 0.1) is 6.92 Å². The quantitative estimate of drug-likeness (QED) is 0.828. The third-order valence-corrected chi connectivity index (χ3v) is 7.87. The Bertz CT molecular complexity index is 820. The Morgan fingerprint density at radius 2 is 1.85 bits per heavy atom. The van der Waals surface area contributed by atoms with Crippen molar-refractivity contribution in [1.29, 1.82) is 0 Å². The molecule has 148 valence electrons. The van der Waals surface area contributed by atoms with Crippen LogP contribution in [0.5, 0.6) is 0 Å². The van der Waals surface area contributed by atoms with Crippen LogP contribution in [0.2, 0.25) is 0 Å². The molecular formula is C19H27N3O4S. The summed E-state index contributed by atoms with van der Waals surface area (Å²) in [6.45, 7) is 4.68. The molecule has 2 unspecified atom stereocenters. The fourth-order valence-corrected chi connectivity index (χ4v) is 5.91. The van der Waals surface area contributed by atoms with Crippen molar-refractivity contribution < 1.29 is 17.9 Å². The number of carbonyl (C=O) groups is 1. The van der Waals surface area contributed by atoms with E-state index in [0.717, 1.165) is 12.8 Å². The van der Waals surface area contributed by atoms with Gasteiger partial charge < -0.3 is 15.0 Å². The van der Waals surface area contributed by atoms with Gasteiger partial charge in [0.1, 0.15) is 0 Å². The van der Waals surface area contributed by atoms with Gasteiger partial charge in [-0.05, 0) is 43.9 Å². The van der Waals surface area contributed by atoms with Crippen molar-refractivity contribution in [3.63, 3.8) is 0 Å². The van der Waals surface area contributed by atoms with E-state index in [1.54, 1.807) is 25.1 Å². The molecule has 8 heteroatoms. The number of hydrogen-bond acceptors (Lipinski definition) is 5. The van der Waals surface area contributed by atoms with Crippen LogP contribution in [0.1, 0.15) is 35.2 Å². The van der Waals surface area contributed by atoms with Crippen molar-refractivity contribution in [1.82, 2.24) is 14.5 Å². The molecule has 1 N–H and O–H groups in total. The average Bonchev–Trinajstić information content (AvgIpc) is 3.01. The Hall–Kier alpha value is -1.48. The molecule has 3 aliphatic rings. The summed E-state index contributed by atoms with van der Waals surface area (Å²) in [6.07, 6.45) is 3.23. The molecule has 0 radical (unpaired) electrons. The monoisotopic (exact) mass is 393 g/mol. The third kappa shape index (κ3) is 3.76. The van der Waals surface area contributed by atoms with Gasteiger partial charge >= 0.3 is 0 Å². The summed E-state index contributed by atoms with van der Waals surface area (Å²) in [6, 6.07) is 5.89. The average molecular weight is 394 g/mol. The summed E-state index contributed by atoms with van der Waals surface area (Å²) < 4.78 is 32.8. The summed E-state index contributed by atoms with van der Waals surface area (Å²) in [5.74, 6) is -0.0808. The molecule has 1 amide bonds. The molecule has 4 rings (SSSR count). The number of rotatable bonds is 3. The van der Waals surface area contributed by atoms with Crippen molar-refractivity contribution >= 4 is 15.9 Å². The highest BCUT2D eigenvalue weighted by Gasteiger charge is 2.33. The van der Waals surface area contributed by atoms with E-state index in [-0.39, 0.29) is 10.8 Å². The number of amides is 1. The number of hydrogen-bond donors (Lipinski definition) is 1. The van der Waals surface area contributed by atoms with E-state index in [2.05, 4.69) is 5.32 Å². The zero-order valence-corrected chi connectivity index (χ0v) is 16.5. The largest absolute Gasteiger partial charge is 0.379 e. The number of sulfonamides is 1. The molecule has 0 spiro atoms. The summed E-state index contributed by atoms with van der Waals surface area (Å²) in [5.41, 5.74) is 1.11. The molecule has 27 heavy (non-hydrogen) atoms. The highest BCUT2D eigenvalue weighted by Crippen LogP contribution is 2.25. The number of aryl methyl sites for hydroxylation is 1. The lowest BCUT2D eigenvalue weighted by Crippen LogP contribution is -2.41. The van der Waals surface area contributed by atoms with Crippen LogP contribution in [0.4, 0.5) is 0 Å². The highest BCUT2D eigenvalue weighted by atomic mass is 32.2. The minimum atomic E-state index is -3.62. The molecule has 0 aliphatic carbocycles. The first-order chi connectivity index (χ1) is 12.9. The van der Waals surface area contributed by atoms with E-state index in [1.807, 2.05) is 4.90 Å². The molecule has 2 bridgehead atoms. The van der Waals surface area contributed by atoms with Crippen LogP contribution in [0.3, 0.4) is 0 Å². The van der Waals surface area contributed by atoms with E-state index in [9.17, 15) is 13.2 Å². The number of morpholine rings is 1. The lowest BCUT2D eigenvalue weighted by molar-refractivity contribution is 0.0729. The molecule has 3 aliphatic heterocycles. The van der Waals surface area contributed by atoms with Gasteiger partial charge in [0.05, 0.1) is 18.1 Å². The predicted octanol–water partition coefficient (Wildman–Crippen LogP) is 0.982. The van der Waals surface area contributed by atoms with Crippen LogP contribution < -0.4 is 5.32 Å². The summed E-state index contributed by atoms with van der Waals surface area (Å²) in [4.78, 5) is 15.2. The predicted molar refractivity (Wildman–Crippen MR) is 101 cm³/mol. The molecule has 2 atom stereocenters. The lowest BCUT2D eigenvalue weighted by Gasteiger charge is -2.27. The van der Waals surface area contributed by atoms with Gasteiger partial charge in [-0.15, -0.1) is 0 Å². The van der Waals surface area contributed by atoms with Gasteiger partial charge in [-0.2, -0.15) is 4.31 Å². The standard InChI is InChI=1S/C19H27N3O4S/c1-14-2-3-15(12-18(14)27(24,25)22-8-10-26-11-9-22)19(23)21-7-6-16-4-5-17(13-21)20-16/h2-3,12,16-17,20H,4-11,13H2,1H3. The van der Waals surface area contributed by atoms with Gasteiger partial charge in [0.2, 0.25) is 10.0 Å². The molecule has 1 aromatic rings. The molecule has 0 aromatic heterocycles. The minimum Gasteiger partial charge on any atom is -0.379 e. The van der Waals surface area contributed by atoms with Gasteiger partial charge in [-0.25, -0.2) is 8.42 Å². The van der Waals surface area contributed by atoms with Crippen molar-refractivity contribution in [3.8, 4) is 0 Å². The topological polar surface area (TPSA) is 79.0 Å². The van der Waals surface area contributed by atoms with Crippen LogP contribution in [0.25, 0.3) is 0 Å². The first kappa shape index (κ1) is 18.9. The SMILES string of the molecule is Cc1ccc(C(=O)N2CCC3CCC(C2)N3)cc1S(=O)(=O)N1CCOCC1. The number of nitrogens with one attached hydrogen (secondary N) is 1. The smallest absolute Gasteiger partial charge is 0.253 e. The molecule has 3 fully saturated rings. The second-order valence-corrected chi connectivity index (χ2v) is 9.58. The van der Waals surface area contributed by atoms with Crippen molar-refractivity contribution in [2.24, 2.45) is 0 Å². The second-order valence-electron chi connectivity index (χ2n) is 7.67. The number of nitrogens with zero attached hydrogens (tertiary/aromatic N) is 2. The van der Waals surface area contributed by atoms with Gasteiger partial charge in [0.15, 0.2) is 0 Å². The Labute approximate surface area is 160 Å². The fourth-order valence-electron chi connectivity index (χ4n) is 4.25. The van der Waals surface area contributed by atoms with Crippen molar-refractivity contribution in [3.05, 3.63) is 29.3 Å². The molecule has 7 nitrogen and oxygen atoms in total. The number of fused-ring (bicyclic) bond motifs is 2. The Balaban J connectivity index is 1.59. The molecular weight excluding hydrogens is 366 g/mol. The van der Waals surface area contributed by atoms with Gasteiger partial charge in [-0.1, -0.05) is 6.07 Å². The maximum atomic E-state index is 13.1.